The van der Waals surface area contributed by atoms with Crippen LogP contribution in [0.15, 0.2) is 36.5 Å². The molecule has 0 saturated carbocycles. The first-order chi connectivity index (χ1) is 13.2. The molecule has 0 saturated heterocycles. The third-order valence-corrected chi connectivity index (χ3v) is 3.71. The maximum atomic E-state index is 12.8. The van der Waals surface area contributed by atoms with E-state index in [2.05, 4.69) is 15.5 Å². The number of hydrogen-bond acceptors (Lipinski definition) is 6. The highest BCUT2D eigenvalue weighted by Gasteiger charge is 2.19. The van der Waals surface area contributed by atoms with Gasteiger partial charge in [0.05, 0.1) is 19.8 Å². The minimum atomic E-state index is -0.349. The first-order valence-corrected chi connectivity index (χ1v) is 8.85. The predicted octanol–water partition coefficient (Wildman–Crippen LogP) is 3.18. The molecule has 0 bridgehead atoms. The van der Waals surface area contributed by atoms with Crippen molar-refractivity contribution in [2.75, 3.05) is 25.1 Å². The zero-order valence-electron chi connectivity index (χ0n) is 15.6. The minimum Gasteiger partial charge on any atom is -0.490 e. The van der Waals surface area contributed by atoms with Gasteiger partial charge in [-0.3, -0.25) is 14.5 Å². The predicted molar refractivity (Wildman–Crippen MR) is 101 cm³/mol. The largest absolute Gasteiger partial charge is 0.490 e. The van der Waals surface area contributed by atoms with Crippen molar-refractivity contribution < 1.29 is 19.0 Å². The maximum absolute atomic E-state index is 12.8. The number of ether oxygens (including phenoxy) is 3. The van der Waals surface area contributed by atoms with Crippen molar-refractivity contribution in [3.05, 3.63) is 42.1 Å². The summed E-state index contributed by atoms with van der Waals surface area (Å²) < 4.78 is 18.7. The number of rotatable bonds is 8. The van der Waals surface area contributed by atoms with Crippen molar-refractivity contribution >= 4 is 17.5 Å². The van der Waals surface area contributed by atoms with Crippen LogP contribution < -0.4 is 19.5 Å². The molecule has 1 amide bonds. The summed E-state index contributed by atoms with van der Waals surface area (Å²) in [6, 6.07) is 8.76. The number of nitrogens with zero attached hydrogens (tertiary/aromatic N) is 3. The Morgan fingerprint density at radius 2 is 1.67 bits per heavy atom. The monoisotopic (exact) mass is 370 g/mol. The van der Waals surface area contributed by atoms with Crippen LogP contribution in [0.1, 0.15) is 31.1 Å². The lowest BCUT2D eigenvalue weighted by atomic mass is 10.1. The van der Waals surface area contributed by atoms with E-state index in [1.807, 2.05) is 32.9 Å². The van der Waals surface area contributed by atoms with E-state index in [0.717, 1.165) is 0 Å². The Balaban J connectivity index is 1.95. The van der Waals surface area contributed by atoms with Crippen LogP contribution in [-0.4, -0.2) is 40.3 Å². The van der Waals surface area contributed by atoms with Gasteiger partial charge in [0.25, 0.3) is 5.91 Å². The summed E-state index contributed by atoms with van der Waals surface area (Å²) in [5.41, 5.74) is 1.02. The lowest BCUT2D eigenvalue weighted by Crippen LogP contribution is -2.15. The zero-order chi connectivity index (χ0) is 19.2. The van der Waals surface area contributed by atoms with E-state index in [-0.39, 0.29) is 5.91 Å². The van der Waals surface area contributed by atoms with Crippen LogP contribution in [0, 0.1) is 0 Å². The Bertz CT molecular complexity index is 911. The van der Waals surface area contributed by atoms with Crippen molar-refractivity contribution in [3.63, 3.8) is 0 Å². The quantitative estimate of drug-likeness (QED) is 0.655. The second-order valence-electron chi connectivity index (χ2n) is 5.51. The molecule has 0 fully saturated rings. The second kappa shape index (κ2) is 8.39. The Hall–Kier alpha value is -3.29. The number of fused-ring (bicyclic) bond motifs is 1. The number of benzene rings is 1. The van der Waals surface area contributed by atoms with E-state index in [1.165, 1.54) is 0 Å². The van der Waals surface area contributed by atoms with Gasteiger partial charge in [-0.25, -0.2) is 0 Å². The first kappa shape index (κ1) is 18.5. The van der Waals surface area contributed by atoms with Gasteiger partial charge in [-0.1, -0.05) is 6.07 Å². The third-order valence-electron chi connectivity index (χ3n) is 3.71. The Kier molecular flexibility index (Phi) is 5.75. The lowest BCUT2D eigenvalue weighted by molar-refractivity contribution is 0.102. The molecule has 1 N–H and O–H groups in total. The van der Waals surface area contributed by atoms with Crippen LogP contribution in [-0.2, 0) is 0 Å². The summed E-state index contributed by atoms with van der Waals surface area (Å²) in [7, 11) is 0. The highest BCUT2D eigenvalue weighted by Crippen LogP contribution is 2.39. The van der Waals surface area contributed by atoms with Crippen molar-refractivity contribution in [1.82, 2.24) is 14.6 Å². The smallest absolute Gasteiger partial charge is 0.258 e. The van der Waals surface area contributed by atoms with Gasteiger partial charge >= 0.3 is 0 Å². The van der Waals surface area contributed by atoms with Crippen LogP contribution in [0.4, 0.5) is 5.95 Å². The van der Waals surface area contributed by atoms with Gasteiger partial charge in [0.1, 0.15) is 0 Å². The minimum absolute atomic E-state index is 0.334. The molecule has 3 rings (SSSR count). The third kappa shape index (κ3) is 3.94. The number of nitrogens with one attached hydrogen (secondary N) is 1. The van der Waals surface area contributed by atoms with Crippen LogP contribution in [0.3, 0.4) is 0 Å². The van der Waals surface area contributed by atoms with Crippen molar-refractivity contribution in [2.24, 2.45) is 0 Å². The summed E-state index contributed by atoms with van der Waals surface area (Å²) in [6.07, 6.45) is 1.78. The zero-order valence-corrected chi connectivity index (χ0v) is 15.6. The molecule has 27 heavy (non-hydrogen) atoms. The molecule has 0 atom stereocenters. The fourth-order valence-electron chi connectivity index (χ4n) is 2.62. The molecular formula is C19H22N4O4. The van der Waals surface area contributed by atoms with E-state index in [0.29, 0.717) is 54.2 Å². The summed E-state index contributed by atoms with van der Waals surface area (Å²) in [4.78, 5) is 12.8. The Morgan fingerprint density at radius 1 is 1.00 bits per heavy atom. The normalized spacial score (nSPS) is 10.6. The molecule has 3 aromatic rings. The lowest BCUT2D eigenvalue weighted by Gasteiger charge is -2.17. The Labute approximate surface area is 157 Å². The number of hydrogen-bond donors (Lipinski definition) is 1. The number of aromatic nitrogens is 3. The maximum Gasteiger partial charge on any atom is 0.258 e. The molecule has 0 aliphatic carbocycles. The van der Waals surface area contributed by atoms with Gasteiger partial charge in [0.2, 0.25) is 11.7 Å². The summed E-state index contributed by atoms with van der Waals surface area (Å²) >= 11 is 0. The summed E-state index contributed by atoms with van der Waals surface area (Å²) in [6.45, 7) is 6.94. The Morgan fingerprint density at radius 3 is 2.30 bits per heavy atom. The molecule has 0 radical (unpaired) electrons. The number of amides is 1. The molecule has 142 valence electrons. The van der Waals surface area contributed by atoms with Gasteiger partial charge in [-0.2, -0.15) is 0 Å². The van der Waals surface area contributed by atoms with Crippen LogP contribution in [0.25, 0.3) is 5.65 Å². The summed E-state index contributed by atoms with van der Waals surface area (Å²) in [5.74, 6) is 1.40. The molecule has 2 aromatic heterocycles. The van der Waals surface area contributed by atoms with Crippen molar-refractivity contribution in [3.8, 4) is 17.2 Å². The second-order valence-corrected chi connectivity index (χ2v) is 5.51. The highest BCUT2D eigenvalue weighted by atomic mass is 16.5. The number of anilines is 1. The molecule has 0 aliphatic heterocycles. The molecule has 0 aliphatic rings. The molecule has 2 heterocycles. The van der Waals surface area contributed by atoms with Gasteiger partial charge in [0, 0.05) is 11.8 Å². The molecular weight excluding hydrogens is 348 g/mol. The molecule has 1 aromatic carbocycles. The number of carbonyl (C=O) groups is 1. The average Bonchev–Trinajstić information content (AvgIpc) is 3.07. The van der Waals surface area contributed by atoms with Gasteiger partial charge in [0.15, 0.2) is 17.1 Å². The van der Waals surface area contributed by atoms with Gasteiger partial charge in [-0.15, -0.1) is 10.2 Å². The van der Waals surface area contributed by atoms with E-state index in [9.17, 15) is 4.79 Å². The number of carbonyl (C=O) groups excluding carboxylic acids is 1. The SMILES string of the molecule is CCOc1cc(C(=O)Nc2nnc3ccccn23)cc(OCC)c1OCC. The van der Waals surface area contributed by atoms with E-state index in [1.54, 1.807) is 28.8 Å². The molecule has 8 nitrogen and oxygen atoms in total. The molecule has 0 unspecified atom stereocenters. The van der Waals surface area contributed by atoms with Crippen LogP contribution >= 0.6 is 0 Å². The fraction of sp³-hybridized carbons (Fsp3) is 0.316. The van der Waals surface area contributed by atoms with E-state index in [4.69, 9.17) is 14.2 Å². The average molecular weight is 370 g/mol. The van der Waals surface area contributed by atoms with Crippen molar-refractivity contribution in [1.29, 1.82) is 0 Å². The van der Waals surface area contributed by atoms with Crippen LogP contribution in [0.2, 0.25) is 0 Å². The highest BCUT2D eigenvalue weighted by molar-refractivity contribution is 6.04. The van der Waals surface area contributed by atoms with Gasteiger partial charge in [-0.05, 0) is 45.0 Å². The van der Waals surface area contributed by atoms with E-state index >= 15 is 0 Å². The topological polar surface area (TPSA) is 87.0 Å². The van der Waals surface area contributed by atoms with Gasteiger partial charge < -0.3 is 14.2 Å². The standard InChI is InChI=1S/C19H22N4O4/c1-4-25-14-11-13(12-15(26-5-2)17(14)27-6-3)18(24)20-19-22-21-16-9-7-8-10-23(16)19/h7-12H,4-6H2,1-3H3,(H,20,22,24). The summed E-state index contributed by atoms with van der Waals surface area (Å²) in [5, 5.41) is 10.8. The molecule has 8 heteroatoms. The van der Waals surface area contributed by atoms with E-state index < -0.39 is 0 Å². The fourth-order valence-corrected chi connectivity index (χ4v) is 2.62. The van der Waals surface area contributed by atoms with Crippen LogP contribution in [0.5, 0.6) is 17.2 Å². The number of pyridine rings is 1. The first-order valence-electron chi connectivity index (χ1n) is 8.85. The molecule has 0 spiro atoms. The van der Waals surface area contributed by atoms with Crippen molar-refractivity contribution in [2.45, 2.75) is 20.8 Å².